The minimum atomic E-state index is 0.152. The number of benzene rings is 1. The highest BCUT2D eigenvalue weighted by molar-refractivity contribution is 6.42. The number of rotatable bonds is 5. The quantitative estimate of drug-likeness (QED) is 0.846. The van der Waals surface area contributed by atoms with Crippen molar-refractivity contribution < 1.29 is 0 Å². The fourth-order valence-corrected chi connectivity index (χ4v) is 1.64. The maximum Gasteiger partial charge on any atom is 0.0612 e. The molecule has 4 heteroatoms. The summed E-state index contributed by atoms with van der Waals surface area (Å²) in [6.45, 7) is 5.04. The first-order valence-electron chi connectivity index (χ1n) is 5.49. The van der Waals surface area contributed by atoms with Crippen LogP contribution in [0.1, 0.15) is 20.3 Å². The van der Waals surface area contributed by atoms with Crippen LogP contribution >= 0.6 is 23.2 Å². The van der Waals surface area contributed by atoms with Crippen LogP contribution in [0, 0.1) is 5.92 Å². The Morgan fingerprint density at radius 3 is 2.56 bits per heavy atom. The Labute approximate surface area is 107 Å². The van der Waals surface area contributed by atoms with Gasteiger partial charge in [0.2, 0.25) is 0 Å². The SMILES string of the molecule is CCC(C)C(N)CNc1ccc(Cl)c(Cl)c1. The van der Waals surface area contributed by atoms with Gasteiger partial charge in [-0.2, -0.15) is 0 Å². The normalized spacial score (nSPS) is 14.6. The monoisotopic (exact) mass is 260 g/mol. The average molecular weight is 261 g/mol. The van der Waals surface area contributed by atoms with Gasteiger partial charge in [0.05, 0.1) is 10.0 Å². The van der Waals surface area contributed by atoms with Crippen molar-refractivity contribution in [2.24, 2.45) is 11.7 Å². The summed E-state index contributed by atoms with van der Waals surface area (Å²) in [7, 11) is 0. The van der Waals surface area contributed by atoms with Crippen molar-refractivity contribution in [3.8, 4) is 0 Å². The highest BCUT2D eigenvalue weighted by atomic mass is 35.5. The van der Waals surface area contributed by atoms with Crippen LogP contribution in [-0.2, 0) is 0 Å². The second kappa shape index (κ2) is 6.33. The van der Waals surface area contributed by atoms with Gasteiger partial charge in [0.15, 0.2) is 0 Å². The molecule has 16 heavy (non-hydrogen) atoms. The summed E-state index contributed by atoms with van der Waals surface area (Å²) < 4.78 is 0. The number of nitrogens with two attached hydrogens (primary N) is 1. The molecule has 0 aliphatic carbocycles. The molecule has 0 radical (unpaired) electrons. The summed E-state index contributed by atoms with van der Waals surface area (Å²) in [6.07, 6.45) is 1.09. The number of hydrogen-bond donors (Lipinski definition) is 2. The van der Waals surface area contributed by atoms with Crippen molar-refractivity contribution in [3.63, 3.8) is 0 Å². The van der Waals surface area contributed by atoms with Crippen molar-refractivity contribution in [3.05, 3.63) is 28.2 Å². The minimum absolute atomic E-state index is 0.152. The van der Waals surface area contributed by atoms with Gasteiger partial charge in [0.1, 0.15) is 0 Å². The molecule has 0 amide bonds. The van der Waals surface area contributed by atoms with Gasteiger partial charge in [-0.1, -0.05) is 43.5 Å². The van der Waals surface area contributed by atoms with E-state index in [1.54, 1.807) is 6.07 Å². The third kappa shape index (κ3) is 3.85. The number of halogens is 2. The first kappa shape index (κ1) is 13.6. The molecule has 90 valence electrons. The van der Waals surface area contributed by atoms with E-state index < -0.39 is 0 Å². The summed E-state index contributed by atoms with van der Waals surface area (Å²) in [5, 5.41) is 4.39. The van der Waals surface area contributed by atoms with E-state index in [4.69, 9.17) is 28.9 Å². The summed E-state index contributed by atoms with van der Waals surface area (Å²) in [6, 6.07) is 5.64. The Hall–Kier alpha value is -0.440. The van der Waals surface area contributed by atoms with Gasteiger partial charge in [-0.15, -0.1) is 0 Å². The standard InChI is InChI=1S/C12H18Cl2N2/c1-3-8(2)12(15)7-16-9-4-5-10(13)11(14)6-9/h4-6,8,12,16H,3,7,15H2,1-2H3. The average Bonchev–Trinajstić information content (AvgIpc) is 2.29. The van der Waals surface area contributed by atoms with Crippen molar-refractivity contribution in [1.82, 2.24) is 0 Å². The fraction of sp³-hybridized carbons (Fsp3) is 0.500. The van der Waals surface area contributed by atoms with Gasteiger partial charge >= 0.3 is 0 Å². The third-order valence-corrected chi connectivity index (χ3v) is 3.58. The van der Waals surface area contributed by atoms with Crippen LogP contribution in [0.15, 0.2) is 18.2 Å². The second-order valence-corrected chi connectivity index (χ2v) is 4.87. The van der Waals surface area contributed by atoms with Crippen LogP contribution in [-0.4, -0.2) is 12.6 Å². The molecule has 1 aromatic rings. The van der Waals surface area contributed by atoms with Crippen molar-refractivity contribution >= 4 is 28.9 Å². The van der Waals surface area contributed by atoms with E-state index in [0.717, 1.165) is 18.7 Å². The molecule has 2 atom stereocenters. The molecule has 2 unspecified atom stereocenters. The van der Waals surface area contributed by atoms with Crippen LogP contribution in [0.4, 0.5) is 5.69 Å². The van der Waals surface area contributed by atoms with Crippen LogP contribution in [0.25, 0.3) is 0 Å². The van der Waals surface area contributed by atoms with Gasteiger partial charge in [0.25, 0.3) is 0 Å². The van der Waals surface area contributed by atoms with Gasteiger partial charge in [-0.3, -0.25) is 0 Å². The molecule has 0 aliphatic rings. The van der Waals surface area contributed by atoms with Crippen LogP contribution in [0.5, 0.6) is 0 Å². The lowest BCUT2D eigenvalue weighted by molar-refractivity contribution is 0.457. The number of anilines is 1. The first-order valence-corrected chi connectivity index (χ1v) is 6.24. The first-order chi connectivity index (χ1) is 7.54. The van der Waals surface area contributed by atoms with Crippen LogP contribution in [0.3, 0.4) is 0 Å². The van der Waals surface area contributed by atoms with E-state index in [1.807, 2.05) is 12.1 Å². The summed E-state index contributed by atoms with van der Waals surface area (Å²) in [5.41, 5.74) is 6.97. The van der Waals surface area contributed by atoms with Gasteiger partial charge < -0.3 is 11.1 Å². The molecule has 0 bridgehead atoms. The molecule has 1 aromatic carbocycles. The van der Waals surface area contributed by atoms with Crippen LogP contribution in [0.2, 0.25) is 10.0 Å². The lowest BCUT2D eigenvalue weighted by Gasteiger charge is -2.19. The lowest BCUT2D eigenvalue weighted by atomic mass is 10.0. The maximum atomic E-state index is 6.02. The number of hydrogen-bond acceptors (Lipinski definition) is 2. The molecule has 0 fully saturated rings. The van der Waals surface area contributed by atoms with E-state index in [0.29, 0.717) is 16.0 Å². The Kier molecular flexibility index (Phi) is 5.39. The summed E-state index contributed by atoms with van der Waals surface area (Å²) in [5.74, 6) is 0.510. The zero-order valence-corrected chi connectivity index (χ0v) is 11.1. The summed E-state index contributed by atoms with van der Waals surface area (Å²) in [4.78, 5) is 0. The largest absolute Gasteiger partial charge is 0.383 e. The fourth-order valence-electron chi connectivity index (χ4n) is 1.35. The second-order valence-electron chi connectivity index (χ2n) is 4.06. The van der Waals surface area contributed by atoms with E-state index in [1.165, 1.54) is 0 Å². The molecule has 0 aliphatic heterocycles. The zero-order valence-electron chi connectivity index (χ0n) is 9.63. The number of nitrogens with one attached hydrogen (secondary N) is 1. The molecule has 2 nitrogen and oxygen atoms in total. The van der Waals surface area contributed by atoms with Crippen molar-refractivity contribution in [1.29, 1.82) is 0 Å². The predicted molar refractivity (Wildman–Crippen MR) is 72.4 cm³/mol. The molecular formula is C12H18Cl2N2. The molecule has 0 heterocycles. The molecule has 0 saturated carbocycles. The van der Waals surface area contributed by atoms with E-state index in [9.17, 15) is 0 Å². The van der Waals surface area contributed by atoms with Gasteiger partial charge in [0, 0.05) is 18.3 Å². The lowest BCUT2D eigenvalue weighted by Crippen LogP contribution is -2.35. The zero-order chi connectivity index (χ0) is 12.1. The Morgan fingerprint density at radius 1 is 1.31 bits per heavy atom. The summed E-state index contributed by atoms with van der Waals surface area (Å²) >= 11 is 11.7. The Morgan fingerprint density at radius 2 is 2.00 bits per heavy atom. The Bertz CT molecular complexity index is 342. The minimum Gasteiger partial charge on any atom is -0.383 e. The predicted octanol–water partition coefficient (Wildman–Crippen LogP) is 3.78. The van der Waals surface area contributed by atoms with Gasteiger partial charge in [-0.05, 0) is 24.1 Å². The smallest absolute Gasteiger partial charge is 0.0612 e. The highest BCUT2D eigenvalue weighted by Gasteiger charge is 2.10. The Balaban J connectivity index is 2.51. The van der Waals surface area contributed by atoms with Crippen molar-refractivity contribution in [2.75, 3.05) is 11.9 Å². The highest BCUT2D eigenvalue weighted by Crippen LogP contribution is 2.25. The molecule has 1 rings (SSSR count). The van der Waals surface area contributed by atoms with Crippen molar-refractivity contribution in [2.45, 2.75) is 26.3 Å². The topological polar surface area (TPSA) is 38.0 Å². The van der Waals surface area contributed by atoms with E-state index >= 15 is 0 Å². The molecule has 0 spiro atoms. The van der Waals surface area contributed by atoms with E-state index in [2.05, 4.69) is 19.2 Å². The molecular weight excluding hydrogens is 243 g/mol. The molecule has 0 aromatic heterocycles. The maximum absolute atomic E-state index is 6.02. The van der Waals surface area contributed by atoms with E-state index in [-0.39, 0.29) is 6.04 Å². The molecule has 0 saturated heterocycles. The van der Waals surface area contributed by atoms with Crippen LogP contribution < -0.4 is 11.1 Å². The third-order valence-electron chi connectivity index (χ3n) is 2.84. The van der Waals surface area contributed by atoms with Gasteiger partial charge in [-0.25, -0.2) is 0 Å². The molecule has 3 N–H and O–H groups in total.